The maximum absolute atomic E-state index is 11.7. The Labute approximate surface area is 167 Å². The van der Waals surface area contributed by atoms with Crippen LogP contribution in [0.15, 0.2) is 29.3 Å². The summed E-state index contributed by atoms with van der Waals surface area (Å²) in [6, 6.07) is 7.46. The third-order valence-electron chi connectivity index (χ3n) is 4.12. The van der Waals surface area contributed by atoms with Gasteiger partial charge in [-0.1, -0.05) is 12.1 Å². The highest BCUT2D eigenvalue weighted by atomic mass is 127. The summed E-state index contributed by atoms with van der Waals surface area (Å²) in [4.78, 5) is 18.3. The molecule has 1 atom stereocenters. The van der Waals surface area contributed by atoms with Crippen molar-refractivity contribution in [2.45, 2.75) is 19.9 Å². The minimum Gasteiger partial charge on any atom is -0.462 e. The van der Waals surface area contributed by atoms with Gasteiger partial charge in [-0.25, -0.2) is 4.79 Å². The smallest absolute Gasteiger partial charge is 0.338 e. The van der Waals surface area contributed by atoms with Crippen molar-refractivity contribution in [3.8, 4) is 0 Å². The number of aliphatic imine (C=N–C) groups is 1. The Hall–Kier alpha value is -1.35. The number of halogens is 1. The molecule has 2 rings (SSSR count). The Kier molecular flexibility index (Phi) is 9.81. The second-order valence-corrected chi connectivity index (χ2v) is 5.87. The van der Waals surface area contributed by atoms with Crippen LogP contribution in [0.3, 0.4) is 0 Å². The summed E-state index contributed by atoms with van der Waals surface area (Å²) in [5.41, 5.74) is 1.67. The number of methoxy groups -OCH3 is 1. The number of benzene rings is 1. The maximum atomic E-state index is 11.7. The Morgan fingerprint density at radius 1 is 1.36 bits per heavy atom. The monoisotopic (exact) mass is 461 g/mol. The molecule has 1 fully saturated rings. The van der Waals surface area contributed by atoms with Gasteiger partial charge in [0.05, 0.1) is 18.8 Å². The Morgan fingerprint density at radius 3 is 2.68 bits per heavy atom. The number of ether oxygens (including phenoxy) is 2. The molecule has 0 spiro atoms. The van der Waals surface area contributed by atoms with E-state index in [2.05, 4.69) is 15.2 Å². The van der Waals surface area contributed by atoms with Gasteiger partial charge in [-0.15, -0.1) is 24.0 Å². The normalized spacial score (nSPS) is 17.2. The van der Waals surface area contributed by atoms with Crippen LogP contribution in [-0.2, 0) is 16.0 Å². The van der Waals surface area contributed by atoms with Gasteiger partial charge in [0.25, 0.3) is 0 Å². The van der Waals surface area contributed by atoms with E-state index in [1.807, 2.05) is 12.1 Å². The predicted molar refractivity (Wildman–Crippen MR) is 110 cm³/mol. The van der Waals surface area contributed by atoms with E-state index in [0.29, 0.717) is 24.6 Å². The van der Waals surface area contributed by atoms with Crippen molar-refractivity contribution in [2.24, 2.45) is 10.9 Å². The van der Waals surface area contributed by atoms with Crippen LogP contribution >= 0.6 is 24.0 Å². The molecule has 7 heteroatoms. The number of likely N-dealkylation sites (tertiary alicyclic amines) is 1. The van der Waals surface area contributed by atoms with E-state index in [1.165, 1.54) is 0 Å². The molecule has 0 aliphatic carbocycles. The first-order valence-corrected chi connectivity index (χ1v) is 8.38. The van der Waals surface area contributed by atoms with E-state index in [0.717, 1.165) is 37.6 Å². The largest absolute Gasteiger partial charge is 0.462 e. The van der Waals surface area contributed by atoms with Gasteiger partial charge < -0.3 is 19.7 Å². The molecule has 0 bridgehead atoms. The van der Waals surface area contributed by atoms with Crippen LogP contribution < -0.4 is 5.32 Å². The molecule has 0 aromatic heterocycles. The first kappa shape index (κ1) is 21.7. The Morgan fingerprint density at radius 2 is 2.08 bits per heavy atom. The highest BCUT2D eigenvalue weighted by Crippen LogP contribution is 2.16. The molecule has 140 valence electrons. The molecule has 1 saturated heterocycles. The Balaban J connectivity index is 0.00000312. The van der Waals surface area contributed by atoms with Gasteiger partial charge in [0.15, 0.2) is 5.96 Å². The van der Waals surface area contributed by atoms with Crippen molar-refractivity contribution in [1.29, 1.82) is 0 Å². The first-order valence-electron chi connectivity index (χ1n) is 8.38. The summed E-state index contributed by atoms with van der Waals surface area (Å²) in [7, 11) is 3.55. The van der Waals surface area contributed by atoms with Crippen molar-refractivity contribution < 1.29 is 14.3 Å². The van der Waals surface area contributed by atoms with Crippen molar-refractivity contribution in [2.75, 3.05) is 40.5 Å². The van der Waals surface area contributed by atoms with Crippen molar-refractivity contribution >= 4 is 35.9 Å². The Bertz CT molecular complexity index is 563. The molecule has 6 nitrogen and oxygen atoms in total. The lowest BCUT2D eigenvalue weighted by Gasteiger charge is -2.21. The number of nitrogens with zero attached hydrogens (tertiary/aromatic N) is 2. The number of hydrogen-bond donors (Lipinski definition) is 1. The minimum absolute atomic E-state index is 0. The van der Waals surface area contributed by atoms with Gasteiger partial charge in [0.1, 0.15) is 0 Å². The third-order valence-corrected chi connectivity index (χ3v) is 4.12. The fourth-order valence-electron chi connectivity index (χ4n) is 2.88. The molecule has 25 heavy (non-hydrogen) atoms. The van der Waals surface area contributed by atoms with Crippen LogP contribution in [0.1, 0.15) is 29.3 Å². The van der Waals surface area contributed by atoms with E-state index in [1.54, 1.807) is 33.2 Å². The van der Waals surface area contributed by atoms with Crippen LogP contribution in [0.5, 0.6) is 0 Å². The van der Waals surface area contributed by atoms with Crippen molar-refractivity contribution in [3.63, 3.8) is 0 Å². The molecule has 1 N–H and O–H groups in total. The molecule has 0 radical (unpaired) electrons. The summed E-state index contributed by atoms with van der Waals surface area (Å²) < 4.78 is 10.2. The molecular formula is C18H28IN3O3. The number of carbonyl (C=O) groups is 1. The first-order chi connectivity index (χ1) is 11.7. The maximum Gasteiger partial charge on any atom is 0.338 e. The molecule has 1 unspecified atom stereocenters. The quantitative estimate of drug-likeness (QED) is 0.306. The molecule has 1 heterocycles. The average Bonchev–Trinajstić information content (AvgIpc) is 3.05. The van der Waals surface area contributed by atoms with E-state index in [9.17, 15) is 4.79 Å². The lowest BCUT2D eigenvalue weighted by atomic mass is 10.1. The number of hydrogen-bond acceptors (Lipinski definition) is 4. The number of esters is 1. The van der Waals surface area contributed by atoms with E-state index >= 15 is 0 Å². The lowest BCUT2D eigenvalue weighted by molar-refractivity contribution is 0.0526. The molecular weight excluding hydrogens is 433 g/mol. The fraction of sp³-hybridized carbons (Fsp3) is 0.556. The summed E-state index contributed by atoms with van der Waals surface area (Å²) in [6.07, 6.45) is 1.13. The van der Waals surface area contributed by atoms with Crippen LogP contribution in [-0.4, -0.2) is 57.3 Å². The zero-order chi connectivity index (χ0) is 17.4. The predicted octanol–water partition coefficient (Wildman–Crippen LogP) is 2.53. The van der Waals surface area contributed by atoms with Gasteiger partial charge in [-0.05, 0) is 31.0 Å². The third kappa shape index (κ3) is 6.47. The molecule has 1 aromatic carbocycles. The number of nitrogens with one attached hydrogen (secondary N) is 1. The van der Waals surface area contributed by atoms with Gasteiger partial charge in [-0.3, -0.25) is 4.99 Å². The highest BCUT2D eigenvalue weighted by Gasteiger charge is 2.24. The number of carbonyl (C=O) groups excluding carboxylic acids is 1. The summed E-state index contributed by atoms with van der Waals surface area (Å²) in [5.74, 6) is 1.19. The standard InChI is InChI=1S/C18H27N3O3.HI/c1-4-24-17(22)16-7-5-14(6-8-16)11-20-18(19-2)21-10-9-15(12-21)13-23-3;/h5-8,15H,4,9-13H2,1-3H3,(H,19,20);1H. The topological polar surface area (TPSA) is 63.2 Å². The number of rotatable bonds is 6. The van der Waals surface area contributed by atoms with Crippen LogP contribution in [0.25, 0.3) is 0 Å². The SMILES string of the molecule is CCOC(=O)c1ccc(CNC(=NC)N2CCC(COC)C2)cc1.I. The second kappa shape index (κ2) is 11.3. The van der Waals surface area contributed by atoms with Crippen LogP contribution in [0, 0.1) is 5.92 Å². The van der Waals surface area contributed by atoms with Gasteiger partial charge in [0, 0.05) is 39.7 Å². The summed E-state index contributed by atoms with van der Waals surface area (Å²) >= 11 is 0. The summed E-state index contributed by atoms with van der Waals surface area (Å²) in [6.45, 7) is 5.62. The summed E-state index contributed by atoms with van der Waals surface area (Å²) in [5, 5.41) is 3.38. The van der Waals surface area contributed by atoms with Gasteiger partial charge >= 0.3 is 5.97 Å². The highest BCUT2D eigenvalue weighted by molar-refractivity contribution is 14.0. The molecule has 0 amide bonds. The zero-order valence-corrected chi connectivity index (χ0v) is 17.5. The molecule has 1 aliphatic heterocycles. The van der Waals surface area contributed by atoms with E-state index in [4.69, 9.17) is 9.47 Å². The van der Waals surface area contributed by atoms with Crippen molar-refractivity contribution in [3.05, 3.63) is 35.4 Å². The average molecular weight is 461 g/mol. The van der Waals surface area contributed by atoms with E-state index in [-0.39, 0.29) is 29.9 Å². The molecule has 0 saturated carbocycles. The van der Waals surface area contributed by atoms with E-state index < -0.39 is 0 Å². The fourth-order valence-corrected chi connectivity index (χ4v) is 2.88. The van der Waals surface area contributed by atoms with Crippen molar-refractivity contribution in [1.82, 2.24) is 10.2 Å². The van der Waals surface area contributed by atoms with Crippen LogP contribution in [0.2, 0.25) is 0 Å². The number of guanidine groups is 1. The lowest BCUT2D eigenvalue weighted by Crippen LogP contribution is -2.39. The zero-order valence-electron chi connectivity index (χ0n) is 15.2. The van der Waals surface area contributed by atoms with Gasteiger partial charge in [-0.2, -0.15) is 0 Å². The second-order valence-electron chi connectivity index (χ2n) is 5.87. The molecule has 1 aromatic rings. The van der Waals surface area contributed by atoms with Gasteiger partial charge in [0.2, 0.25) is 0 Å². The minimum atomic E-state index is -0.283. The van der Waals surface area contributed by atoms with Crippen LogP contribution in [0.4, 0.5) is 0 Å². The molecule has 1 aliphatic rings.